The van der Waals surface area contributed by atoms with Crippen molar-refractivity contribution in [2.45, 2.75) is 75.9 Å². The summed E-state index contributed by atoms with van der Waals surface area (Å²) < 4.78 is 43.5. The summed E-state index contributed by atoms with van der Waals surface area (Å²) in [6.45, 7) is 6.43. The van der Waals surface area contributed by atoms with Crippen LogP contribution in [0.4, 0.5) is 0 Å². The minimum Gasteiger partial charge on any atom is -0.392 e. The number of sulfonamides is 1. The molecule has 8 rings (SSSR count). The molecule has 0 aromatic heterocycles. The SMILES string of the molecule is Cc1ccc(S(=O)(=O)N[C@H](Cc2ccccc2)C(=O)NCc2ccccc2-c2ccc([C@@H]3O[C@H](CN(Cc4ccccc4)Cc4ccccc4)[C@H](C)[C@H](c4ccc(CO)cc4)O3)cc2)cc1. The molecule has 1 amide bonds. The molecule has 1 heterocycles. The Kier molecular flexibility index (Phi) is 15.3. The fourth-order valence-corrected chi connectivity index (χ4v) is 9.74. The van der Waals surface area contributed by atoms with Crippen LogP contribution in [0.15, 0.2) is 193 Å². The van der Waals surface area contributed by atoms with Crippen molar-refractivity contribution in [3.8, 4) is 11.1 Å². The van der Waals surface area contributed by atoms with Crippen LogP contribution in [0.2, 0.25) is 0 Å². The molecular weight excluding hydrogens is 843 g/mol. The highest BCUT2D eigenvalue weighted by molar-refractivity contribution is 7.89. The normalized spacial score (nSPS) is 17.9. The molecule has 7 aromatic carbocycles. The number of hydrogen-bond acceptors (Lipinski definition) is 7. The van der Waals surface area contributed by atoms with E-state index in [2.05, 4.69) is 70.4 Å². The molecule has 10 heteroatoms. The fourth-order valence-electron chi connectivity index (χ4n) is 8.54. The largest absolute Gasteiger partial charge is 0.392 e. The van der Waals surface area contributed by atoms with Crippen molar-refractivity contribution in [1.29, 1.82) is 0 Å². The van der Waals surface area contributed by atoms with Gasteiger partial charge in [0.25, 0.3) is 0 Å². The lowest BCUT2D eigenvalue weighted by Crippen LogP contribution is -2.47. The van der Waals surface area contributed by atoms with Gasteiger partial charge in [-0.1, -0.05) is 188 Å². The second kappa shape index (κ2) is 21.8. The third-order valence-electron chi connectivity index (χ3n) is 12.3. The molecular formula is C56H57N3O6S. The molecule has 0 unspecified atom stereocenters. The first-order valence-corrected chi connectivity index (χ1v) is 24.0. The van der Waals surface area contributed by atoms with Gasteiger partial charge in [-0.15, -0.1) is 0 Å². The number of nitrogens with one attached hydrogen (secondary N) is 2. The van der Waals surface area contributed by atoms with E-state index in [1.54, 1.807) is 24.3 Å². The average molecular weight is 900 g/mol. The van der Waals surface area contributed by atoms with Crippen LogP contribution in [0.1, 0.15) is 63.8 Å². The van der Waals surface area contributed by atoms with Gasteiger partial charge in [-0.2, -0.15) is 4.72 Å². The Morgan fingerprint density at radius 2 is 1.21 bits per heavy atom. The number of rotatable bonds is 18. The summed E-state index contributed by atoms with van der Waals surface area (Å²) in [6, 6.07) is 60.0. The number of aliphatic hydroxyl groups is 1. The highest BCUT2D eigenvalue weighted by Crippen LogP contribution is 2.42. The Bertz CT molecular complexity index is 2700. The molecule has 338 valence electrons. The summed E-state index contributed by atoms with van der Waals surface area (Å²) in [4.78, 5) is 16.5. The summed E-state index contributed by atoms with van der Waals surface area (Å²) in [7, 11) is -3.99. The van der Waals surface area contributed by atoms with Crippen molar-refractivity contribution in [3.05, 3.63) is 233 Å². The fraction of sp³-hybridized carbons (Fsp3) is 0.232. The van der Waals surface area contributed by atoms with E-state index in [0.29, 0.717) is 6.54 Å². The van der Waals surface area contributed by atoms with Crippen LogP contribution in [-0.4, -0.2) is 43.0 Å². The Morgan fingerprint density at radius 1 is 0.652 bits per heavy atom. The lowest BCUT2D eigenvalue weighted by molar-refractivity contribution is -0.276. The second-order valence-electron chi connectivity index (χ2n) is 17.1. The molecule has 3 N–H and O–H groups in total. The number of aryl methyl sites for hydroxylation is 1. The van der Waals surface area contributed by atoms with Gasteiger partial charge in [-0.25, -0.2) is 8.42 Å². The van der Waals surface area contributed by atoms with Crippen LogP contribution in [-0.2, 0) is 57.0 Å². The first-order valence-electron chi connectivity index (χ1n) is 22.5. The maximum Gasteiger partial charge on any atom is 0.241 e. The molecule has 5 atom stereocenters. The molecule has 1 aliphatic heterocycles. The number of benzene rings is 7. The monoisotopic (exact) mass is 899 g/mol. The maximum absolute atomic E-state index is 13.9. The smallest absolute Gasteiger partial charge is 0.241 e. The zero-order valence-corrected chi connectivity index (χ0v) is 38.2. The predicted octanol–water partition coefficient (Wildman–Crippen LogP) is 9.85. The van der Waals surface area contributed by atoms with Gasteiger partial charge in [0.1, 0.15) is 6.04 Å². The Labute approximate surface area is 389 Å². The third-order valence-corrected chi connectivity index (χ3v) is 13.7. The van der Waals surface area contributed by atoms with Crippen molar-refractivity contribution in [2.24, 2.45) is 5.92 Å². The molecule has 1 saturated heterocycles. The number of ether oxygens (including phenoxy) is 2. The summed E-state index contributed by atoms with van der Waals surface area (Å²) in [6.07, 6.45) is -0.931. The van der Waals surface area contributed by atoms with Gasteiger partial charge in [0.2, 0.25) is 15.9 Å². The van der Waals surface area contributed by atoms with E-state index in [1.165, 1.54) is 11.1 Å². The van der Waals surface area contributed by atoms with Gasteiger partial charge in [-0.05, 0) is 70.0 Å². The summed E-state index contributed by atoms with van der Waals surface area (Å²) in [5, 5.41) is 12.8. The molecule has 1 aliphatic rings. The van der Waals surface area contributed by atoms with E-state index in [9.17, 15) is 18.3 Å². The van der Waals surface area contributed by atoms with Crippen LogP contribution in [0.3, 0.4) is 0 Å². The summed E-state index contributed by atoms with van der Waals surface area (Å²) in [5.41, 5.74) is 9.72. The lowest BCUT2D eigenvalue weighted by atomic mass is 9.89. The zero-order chi connectivity index (χ0) is 45.9. The van der Waals surface area contributed by atoms with Gasteiger partial charge in [0, 0.05) is 37.7 Å². The van der Waals surface area contributed by atoms with Gasteiger partial charge in [-0.3, -0.25) is 9.69 Å². The first-order chi connectivity index (χ1) is 32.1. The number of nitrogens with zero attached hydrogens (tertiary/aromatic N) is 1. The predicted molar refractivity (Wildman–Crippen MR) is 259 cm³/mol. The van der Waals surface area contributed by atoms with Gasteiger partial charge in [0.15, 0.2) is 6.29 Å². The second-order valence-corrected chi connectivity index (χ2v) is 18.9. The molecule has 66 heavy (non-hydrogen) atoms. The Hall–Kier alpha value is -6.24. The number of hydrogen-bond donors (Lipinski definition) is 3. The van der Waals surface area contributed by atoms with Gasteiger partial charge >= 0.3 is 0 Å². The van der Waals surface area contributed by atoms with Crippen LogP contribution in [0.25, 0.3) is 11.1 Å². The molecule has 0 bridgehead atoms. The number of carbonyl (C=O) groups is 1. The van der Waals surface area contributed by atoms with E-state index in [0.717, 1.165) is 57.6 Å². The molecule has 0 spiro atoms. The van der Waals surface area contributed by atoms with Crippen molar-refractivity contribution < 1.29 is 27.8 Å². The maximum atomic E-state index is 13.9. The van der Waals surface area contributed by atoms with Crippen LogP contribution in [0, 0.1) is 12.8 Å². The van der Waals surface area contributed by atoms with Crippen molar-refractivity contribution in [1.82, 2.24) is 14.9 Å². The molecule has 0 saturated carbocycles. The minimum atomic E-state index is -3.99. The summed E-state index contributed by atoms with van der Waals surface area (Å²) in [5.74, 6) is -0.427. The minimum absolute atomic E-state index is 0.00170. The number of aliphatic hydroxyl groups excluding tert-OH is 1. The number of amides is 1. The van der Waals surface area contributed by atoms with Crippen molar-refractivity contribution in [2.75, 3.05) is 6.54 Å². The van der Waals surface area contributed by atoms with Crippen LogP contribution >= 0.6 is 0 Å². The van der Waals surface area contributed by atoms with E-state index in [-0.39, 0.29) is 42.6 Å². The van der Waals surface area contributed by atoms with Crippen LogP contribution in [0.5, 0.6) is 0 Å². The average Bonchev–Trinajstić information content (AvgIpc) is 3.35. The van der Waals surface area contributed by atoms with Crippen molar-refractivity contribution >= 4 is 15.9 Å². The first kappa shape index (κ1) is 46.3. The quantitative estimate of drug-likeness (QED) is 0.0786. The van der Waals surface area contributed by atoms with E-state index >= 15 is 0 Å². The highest BCUT2D eigenvalue weighted by Gasteiger charge is 2.39. The number of carbonyl (C=O) groups excluding carboxylic acids is 1. The molecule has 0 radical (unpaired) electrons. The Balaban J connectivity index is 1.02. The van der Waals surface area contributed by atoms with Gasteiger partial charge < -0.3 is 19.9 Å². The Morgan fingerprint density at radius 3 is 1.82 bits per heavy atom. The molecule has 1 fully saturated rings. The zero-order valence-electron chi connectivity index (χ0n) is 37.4. The standard InChI is InChI=1S/C56H57N3O6S/c1-40-22-32-50(33-23-40)66(62,63)58-52(34-42-14-6-3-7-15-42)55(61)57-35-49-20-12-13-21-51(49)46-28-30-48(31-29-46)56-64-53(41(2)54(65-56)47-26-24-45(39-60)25-27-47)38-59(36-43-16-8-4-9-17-43)37-44-18-10-5-11-19-44/h3-33,41,52-54,56,58,60H,34-39H2,1-2H3,(H,57,61)/t41-,52+,53+,54+,56+/m0/s1. The van der Waals surface area contributed by atoms with E-state index < -0.39 is 28.3 Å². The molecule has 7 aromatic rings. The topological polar surface area (TPSA) is 117 Å². The third kappa shape index (κ3) is 12.0. The summed E-state index contributed by atoms with van der Waals surface area (Å²) >= 11 is 0. The van der Waals surface area contributed by atoms with Gasteiger partial charge in [0.05, 0.1) is 23.7 Å². The molecule has 9 nitrogen and oxygen atoms in total. The van der Waals surface area contributed by atoms with Crippen LogP contribution < -0.4 is 10.0 Å². The molecule has 0 aliphatic carbocycles. The highest BCUT2D eigenvalue weighted by atomic mass is 32.2. The lowest BCUT2D eigenvalue weighted by Gasteiger charge is -2.43. The van der Waals surface area contributed by atoms with E-state index in [4.69, 9.17) is 9.47 Å². The van der Waals surface area contributed by atoms with Crippen molar-refractivity contribution in [3.63, 3.8) is 0 Å². The van der Waals surface area contributed by atoms with E-state index in [1.807, 2.05) is 122 Å².